The van der Waals surface area contributed by atoms with E-state index in [1.165, 1.54) is 0 Å². The summed E-state index contributed by atoms with van der Waals surface area (Å²) >= 11 is 0. The molecule has 2 aromatic rings. The summed E-state index contributed by atoms with van der Waals surface area (Å²) in [5, 5.41) is 13.2. The molecule has 1 heterocycles. The number of carbonyl (C=O) groups excluding carboxylic acids is 1. The number of carboxylic acid groups (broad SMARTS) is 1. The van der Waals surface area contributed by atoms with Gasteiger partial charge in [0.25, 0.3) is 0 Å². The Bertz CT molecular complexity index is 764. The normalized spacial score (nSPS) is 22.2. The van der Waals surface area contributed by atoms with E-state index in [1.54, 1.807) is 0 Å². The molecule has 24 heavy (non-hydrogen) atoms. The van der Waals surface area contributed by atoms with E-state index >= 15 is 0 Å². The smallest absolute Gasteiger partial charge is 0.306 e. The van der Waals surface area contributed by atoms with E-state index in [0.29, 0.717) is 12.8 Å². The van der Waals surface area contributed by atoms with Gasteiger partial charge in [-0.3, -0.25) is 9.59 Å². The summed E-state index contributed by atoms with van der Waals surface area (Å²) < 4.78 is 5.90. The molecule has 1 aromatic carbocycles. The van der Waals surface area contributed by atoms with Crippen molar-refractivity contribution in [3.63, 3.8) is 0 Å². The Kier molecular flexibility index (Phi) is 4.60. The van der Waals surface area contributed by atoms with Crippen LogP contribution in [0.5, 0.6) is 0 Å². The molecule has 1 aromatic heterocycles. The third kappa shape index (κ3) is 3.16. The van der Waals surface area contributed by atoms with Crippen molar-refractivity contribution in [3.8, 4) is 0 Å². The van der Waals surface area contributed by atoms with Crippen molar-refractivity contribution in [2.45, 2.75) is 45.6 Å². The van der Waals surface area contributed by atoms with Gasteiger partial charge in [0.1, 0.15) is 11.3 Å². The second-order valence-corrected chi connectivity index (χ2v) is 6.72. The van der Waals surface area contributed by atoms with Gasteiger partial charge in [-0.05, 0) is 39.2 Å². The van der Waals surface area contributed by atoms with E-state index in [4.69, 9.17) is 9.52 Å². The van der Waals surface area contributed by atoms with Crippen molar-refractivity contribution in [1.29, 1.82) is 0 Å². The third-order valence-electron chi connectivity index (χ3n) is 5.03. The average molecular weight is 329 g/mol. The first-order chi connectivity index (χ1) is 11.5. The molecule has 1 saturated carbocycles. The van der Waals surface area contributed by atoms with Crippen LogP contribution in [-0.4, -0.2) is 17.0 Å². The molecule has 128 valence electrons. The Labute approximate surface area is 141 Å². The lowest BCUT2D eigenvalue weighted by atomic mass is 9.81. The second kappa shape index (κ2) is 6.67. The van der Waals surface area contributed by atoms with Crippen LogP contribution in [0, 0.1) is 18.8 Å². The Balaban J connectivity index is 1.71. The lowest BCUT2D eigenvalue weighted by Crippen LogP contribution is -2.36. The molecule has 1 fully saturated rings. The van der Waals surface area contributed by atoms with E-state index in [9.17, 15) is 9.59 Å². The number of para-hydroxylation sites is 1. The Morgan fingerprint density at radius 1 is 1.25 bits per heavy atom. The fourth-order valence-electron chi connectivity index (χ4n) is 3.66. The van der Waals surface area contributed by atoms with Crippen molar-refractivity contribution >= 4 is 22.8 Å². The van der Waals surface area contributed by atoms with Crippen LogP contribution in [0.1, 0.15) is 50.0 Å². The number of nitrogens with one attached hydrogen (secondary N) is 1. The summed E-state index contributed by atoms with van der Waals surface area (Å²) in [6.07, 6.45) is 2.62. The van der Waals surface area contributed by atoms with Crippen LogP contribution in [-0.2, 0) is 9.59 Å². The zero-order valence-corrected chi connectivity index (χ0v) is 14.0. The van der Waals surface area contributed by atoms with Crippen LogP contribution in [0.4, 0.5) is 0 Å². The van der Waals surface area contributed by atoms with Crippen LogP contribution in [0.15, 0.2) is 28.7 Å². The van der Waals surface area contributed by atoms with Gasteiger partial charge in [-0.1, -0.05) is 24.6 Å². The van der Waals surface area contributed by atoms with Crippen molar-refractivity contribution in [2.75, 3.05) is 0 Å². The van der Waals surface area contributed by atoms with E-state index in [0.717, 1.165) is 35.1 Å². The number of aryl methyl sites for hydroxylation is 1. The standard InChI is InChI=1S/C19H23NO4/c1-11-15-8-3-4-9-16(15)24-17(11)12(2)20-18(21)13-6-5-7-14(10-13)19(22)23/h3-4,8-9,12-14H,5-7,10H2,1-2H3,(H,20,21)(H,22,23)/t12-,13?,14?/m0/s1. The number of aliphatic carboxylic acids is 1. The second-order valence-electron chi connectivity index (χ2n) is 6.72. The summed E-state index contributed by atoms with van der Waals surface area (Å²) in [6, 6.07) is 7.57. The van der Waals surface area contributed by atoms with E-state index < -0.39 is 11.9 Å². The quantitative estimate of drug-likeness (QED) is 0.894. The monoisotopic (exact) mass is 329 g/mol. The highest BCUT2D eigenvalue weighted by molar-refractivity contribution is 5.83. The lowest BCUT2D eigenvalue weighted by Gasteiger charge is -2.26. The van der Waals surface area contributed by atoms with Crippen molar-refractivity contribution in [1.82, 2.24) is 5.32 Å². The minimum atomic E-state index is -0.798. The number of hydrogen-bond acceptors (Lipinski definition) is 3. The molecule has 2 N–H and O–H groups in total. The number of carboxylic acids is 1. The van der Waals surface area contributed by atoms with Gasteiger partial charge in [0.05, 0.1) is 12.0 Å². The first-order valence-electron chi connectivity index (χ1n) is 8.48. The number of rotatable bonds is 4. The molecule has 1 aliphatic carbocycles. The Morgan fingerprint density at radius 3 is 2.67 bits per heavy atom. The minimum Gasteiger partial charge on any atom is -0.481 e. The third-order valence-corrected chi connectivity index (χ3v) is 5.03. The number of amides is 1. The van der Waals surface area contributed by atoms with Crippen molar-refractivity contribution in [2.24, 2.45) is 11.8 Å². The highest BCUT2D eigenvalue weighted by Crippen LogP contribution is 2.32. The molecule has 0 aliphatic heterocycles. The van der Waals surface area contributed by atoms with Gasteiger partial charge in [0, 0.05) is 16.9 Å². The number of benzene rings is 1. The van der Waals surface area contributed by atoms with Crippen LogP contribution in [0.25, 0.3) is 11.0 Å². The topological polar surface area (TPSA) is 79.5 Å². The Morgan fingerprint density at radius 2 is 1.96 bits per heavy atom. The fraction of sp³-hybridized carbons (Fsp3) is 0.474. The highest BCUT2D eigenvalue weighted by atomic mass is 16.4. The predicted molar refractivity (Wildman–Crippen MR) is 90.6 cm³/mol. The lowest BCUT2D eigenvalue weighted by molar-refractivity contribution is -0.144. The summed E-state index contributed by atoms with van der Waals surface area (Å²) in [5.74, 6) is -0.748. The molecule has 5 nitrogen and oxygen atoms in total. The first kappa shape index (κ1) is 16.6. The van der Waals surface area contributed by atoms with Gasteiger partial charge < -0.3 is 14.8 Å². The van der Waals surface area contributed by atoms with Crippen LogP contribution < -0.4 is 5.32 Å². The van der Waals surface area contributed by atoms with Crippen LogP contribution >= 0.6 is 0 Å². The molecule has 3 atom stereocenters. The highest BCUT2D eigenvalue weighted by Gasteiger charge is 2.32. The van der Waals surface area contributed by atoms with Gasteiger partial charge in [0.15, 0.2) is 0 Å². The van der Waals surface area contributed by atoms with Crippen molar-refractivity contribution < 1.29 is 19.1 Å². The van der Waals surface area contributed by atoms with E-state index in [2.05, 4.69) is 5.32 Å². The zero-order valence-electron chi connectivity index (χ0n) is 14.0. The molecular weight excluding hydrogens is 306 g/mol. The molecule has 5 heteroatoms. The number of fused-ring (bicyclic) bond motifs is 1. The fourth-order valence-corrected chi connectivity index (χ4v) is 3.66. The zero-order chi connectivity index (χ0) is 17.3. The molecule has 0 spiro atoms. The largest absolute Gasteiger partial charge is 0.481 e. The summed E-state index contributed by atoms with van der Waals surface area (Å²) in [7, 11) is 0. The minimum absolute atomic E-state index is 0.0756. The van der Waals surface area contributed by atoms with Crippen molar-refractivity contribution in [3.05, 3.63) is 35.6 Å². The summed E-state index contributed by atoms with van der Waals surface area (Å²) in [4.78, 5) is 23.7. The number of hydrogen-bond donors (Lipinski definition) is 2. The average Bonchev–Trinajstić information content (AvgIpc) is 2.92. The van der Waals surface area contributed by atoms with Crippen LogP contribution in [0.2, 0.25) is 0 Å². The molecule has 1 aliphatic rings. The molecule has 0 saturated heterocycles. The van der Waals surface area contributed by atoms with Crippen LogP contribution in [0.3, 0.4) is 0 Å². The van der Waals surface area contributed by atoms with Gasteiger partial charge >= 0.3 is 5.97 Å². The Hall–Kier alpha value is -2.30. The SMILES string of the molecule is Cc1c([C@H](C)NC(=O)C2CCCC(C(=O)O)C2)oc2ccccc12. The molecule has 0 bridgehead atoms. The van der Waals surface area contributed by atoms with Gasteiger partial charge in [-0.25, -0.2) is 0 Å². The molecular formula is C19H23NO4. The van der Waals surface area contributed by atoms with Gasteiger partial charge in [-0.2, -0.15) is 0 Å². The van der Waals surface area contributed by atoms with Gasteiger partial charge in [-0.15, -0.1) is 0 Å². The molecule has 3 rings (SSSR count). The maximum absolute atomic E-state index is 12.5. The van der Waals surface area contributed by atoms with E-state index in [-0.39, 0.29) is 17.9 Å². The first-order valence-corrected chi connectivity index (χ1v) is 8.48. The number of furan rings is 1. The molecule has 1 amide bonds. The summed E-state index contributed by atoms with van der Waals surface area (Å²) in [5.41, 5.74) is 1.85. The summed E-state index contributed by atoms with van der Waals surface area (Å²) in [6.45, 7) is 3.89. The molecule has 0 radical (unpaired) electrons. The van der Waals surface area contributed by atoms with Gasteiger partial charge in [0.2, 0.25) is 5.91 Å². The van der Waals surface area contributed by atoms with E-state index in [1.807, 2.05) is 38.1 Å². The maximum atomic E-state index is 12.5. The predicted octanol–water partition coefficient (Wildman–Crippen LogP) is 3.81. The number of carbonyl (C=O) groups is 2. The molecule has 2 unspecified atom stereocenters. The maximum Gasteiger partial charge on any atom is 0.306 e.